The zero-order valence-electron chi connectivity index (χ0n) is 9.53. The van der Waals surface area contributed by atoms with Crippen LogP contribution in [-0.4, -0.2) is 50.4 Å². The van der Waals surface area contributed by atoms with Crippen molar-refractivity contribution in [2.45, 2.75) is 25.1 Å². The molecule has 0 aromatic carbocycles. The second-order valence-corrected chi connectivity index (χ2v) is 6.52. The first kappa shape index (κ1) is 15.2. The second kappa shape index (κ2) is 4.69. The SMILES string of the molecule is COC(=O)C1(CC(F)(F)F)CS(=O)(=O)CCC1O. The lowest BCUT2D eigenvalue weighted by atomic mass is 9.79. The van der Waals surface area contributed by atoms with Crippen molar-refractivity contribution in [1.82, 2.24) is 0 Å². The Labute approximate surface area is 102 Å². The zero-order chi connectivity index (χ0) is 14.2. The average molecular weight is 290 g/mol. The van der Waals surface area contributed by atoms with Crippen molar-refractivity contribution >= 4 is 15.8 Å². The zero-order valence-corrected chi connectivity index (χ0v) is 10.3. The summed E-state index contributed by atoms with van der Waals surface area (Å²) in [6.45, 7) is 0. The summed E-state index contributed by atoms with van der Waals surface area (Å²) in [5.74, 6) is -2.84. The van der Waals surface area contributed by atoms with Crippen LogP contribution in [0, 0.1) is 5.41 Å². The molecule has 0 aromatic rings. The van der Waals surface area contributed by atoms with E-state index in [0.29, 0.717) is 0 Å². The van der Waals surface area contributed by atoms with E-state index < -0.39 is 57.8 Å². The molecule has 1 fully saturated rings. The predicted octanol–water partition coefficient (Wildman–Crippen LogP) is 0.278. The molecule has 0 aliphatic carbocycles. The third-order valence-corrected chi connectivity index (χ3v) is 4.74. The van der Waals surface area contributed by atoms with Crippen LogP contribution in [0.1, 0.15) is 12.8 Å². The van der Waals surface area contributed by atoms with Gasteiger partial charge in [-0.25, -0.2) is 8.42 Å². The Morgan fingerprint density at radius 1 is 1.50 bits per heavy atom. The molecule has 1 N–H and O–H groups in total. The topological polar surface area (TPSA) is 80.7 Å². The molecule has 0 spiro atoms. The highest BCUT2D eigenvalue weighted by atomic mass is 32.2. The fourth-order valence-electron chi connectivity index (χ4n) is 2.13. The molecular weight excluding hydrogens is 277 g/mol. The molecule has 1 rings (SSSR count). The summed E-state index contributed by atoms with van der Waals surface area (Å²) in [5, 5.41) is 9.65. The highest BCUT2D eigenvalue weighted by Gasteiger charge is 2.57. The largest absolute Gasteiger partial charge is 0.468 e. The normalized spacial score (nSPS) is 31.9. The minimum atomic E-state index is -4.78. The molecule has 1 aliphatic heterocycles. The molecule has 18 heavy (non-hydrogen) atoms. The molecule has 0 saturated carbocycles. The summed E-state index contributed by atoms with van der Waals surface area (Å²) in [4.78, 5) is 11.5. The van der Waals surface area contributed by atoms with Gasteiger partial charge in [0.2, 0.25) is 0 Å². The molecule has 1 saturated heterocycles. The van der Waals surface area contributed by atoms with Crippen molar-refractivity contribution < 1.29 is 36.2 Å². The lowest BCUT2D eigenvalue weighted by Crippen LogP contribution is -2.54. The Kier molecular flexibility index (Phi) is 3.97. The van der Waals surface area contributed by atoms with E-state index in [1.54, 1.807) is 0 Å². The quantitative estimate of drug-likeness (QED) is 0.739. The number of hydrogen-bond acceptors (Lipinski definition) is 5. The molecule has 2 unspecified atom stereocenters. The number of hydrogen-bond donors (Lipinski definition) is 1. The van der Waals surface area contributed by atoms with Gasteiger partial charge >= 0.3 is 12.1 Å². The first-order chi connectivity index (χ1) is 8.02. The van der Waals surface area contributed by atoms with E-state index in [2.05, 4.69) is 4.74 Å². The van der Waals surface area contributed by atoms with Crippen LogP contribution in [0.25, 0.3) is 0 Å². The lowest BCUT2D eigenvalue weighted by molar-refractivity contribution is -0.191. The smallest absolute Gasteiger partial charge is 0.390 e. The molecule has 5 nitrogen and oxygen atoms in total. The number of aliphatic hydroxyl groups is 1. The Hall–Kier alpha value is -0.830. The Morgan fingerprint density at radius 2 is 2.06 bits per heavy atom. The van der Waals surface area contributed by atoms with E-state index in [1.807, 2.05) is 0 Å². The number of rotatable bonds is 2. The fraction of sp³-hybridized carbons (Fsp3) is 0.889. The van der Waals surface area contributed by atoms with Crippen LogP contribution in [0.2, 0.25) is 0 Å². The van der Waals surface area contributed by atoms with E-state index in [9.17, 15) is 31.5 Å². The van der Waals surface area contributed by atoms with Gasteiger partial charge in [-0.2, -0.15) is 13.2 Å². The Balaban J connectivity index is 3.21. The molecule has 0 radical (unpaired) electrons. The fourth-order valence-corrected chi connectivity index (χ4v) is 4.05. The van der Waals surface area contributed by atoms with Crippen molar-refractivity contribution in [3.05, 3.63) is 0 Å². The van der Waals surface area contributed by atoms with Gasteiger partial charge in [-0.1, -0.05) is 0 Å². The minimum Gasteiger partial charge on any atom is -0.468 e. The van der Waals surface area contributed by atoms with Crippen molar-refractivity contribution in [3.8, 4) is 0 Å². The number of sulfone groups is 1. The molecule has 0 aromatic heterocycles. The van der Waals surface area contributed by atoms with Crippen LogP contribution >= 0.6 is 0 Å². The van der Waals surface area contributed by atoms with Crippen molar-refractivity contribution in [2.75, 3.05) is 18.6 Å². The number of alkyl halides is 3. The number of ether oxygens (including phenoxy) is 1. The van der Waals surface area contributed by atoms with Crippen molar-refractivity contribution in [1.29, 1.82) is 0 Å². The summed E-state index contributed by atoms with van der Waals surface area (Å²) in [5.41, 5.74) is -2.45. The van der Waals surface area contributed by atoms with Crippen molar-refractivity contribution in [2.24, 2.45) is 5.41 Å². The van der Waals surface area contributed by atoms with Crippen LogP contribution in [0.5, 0.6) is 0 Å². The summed E-state index contributed by atoms with van der Waals surface area (Å²) in [6, 6.07) is 0. The average Bonchev–Trinajstić information content (AvgIpc) is 2.19. The molecular formula is C9H13F3O5S. The molecule has 2 atom stereocenters. The van der Waals surface area contributed by atoms with Crippen LogP contribution < -0.4 is 0 Å². The van der Waals surface area contributed by atoms with Gasteiger partial charge < -0.3 is 9.84 Å². The summed E-state index contributed by atoms with van der Waals surface area (Å²) >= 11 is 0. The molecule has 9 heteroatoms. The van der Waals surface area contributed by atoms with Crippen LogP contribution in [0.4, 0.5) is 13.2 Å². The number of carbonyl (C=O) groups excluding carboxylic acids is 1. The van der Waals surface area contributed by atoms with Crippen molar-refractivity contribution in [3.63, 3.8) is 0 Å². The number of halogens is 3. The summed E-state index contributed by atoms with van der Waals surface area (Å²) < 4.78 is 64.6. The highest BCUT2D eigenvalue weighted by Crippen LogP contribution is 2.42. The lowest BCUT2D eigenvalue weighted by Gasteiger charge is -2.38. The highest BCUT2D eigenvalue weighted by molar-refractivity contribution is 7.91. The number of esters is 1. The van der Waals surface area contributed by atoms with Gasteiger partial charge in [0.1, 0.15) is 5.41 Å². The molecule has 0 amide bonds. The van der Waals surface area contributed by atoms with Gasteiger partial charge in [0, 0.05) is 0 Å². The van der Waals surface area contributed by atoms with Crippen LogP contribution in [-0.2, 0) is 19.4 Å². The number of carbonyl (C=O) groups is 1. The van der Waals surface area contributed by atoms with Gasteiger partial charge in [-0.15, -0.1) is 0 Å². The standard InChI is InChI=1S/C9H13F3O5S/c1-17-7(14)8(4-9(10,11)12)5-18(15,16)3-2-6(8)13/h6,13H,2-5H2,1H3. The first-order valence-electron chi connectivity index (χ1n) is 5.06. The summed E-state index contributed by atoms with van der Waals surface area (Å²) in [6.07, 6.45) is -8.59. The van der Waals surface area contributed by atoms with Gasteiger partial charge in [0.05, 0.1) is 31.1 Å². The maximum Gasteiger partial charge on any atom is 0.390 e. The molecule has 1 heterocycles. The monoisotopic (exact) mass is 290 g/mol. The van der Waals surface area contributed by atoms with E-state index in [4.69, 9.17) is 0 Å². The Bertz CT molecular complexity index is 430. The summed E-state index contributed by atoms with van der Waals surface area (Å²) in [7, 11) is -2.96. The number of methoxy groups -OCH3 is 1. The Morgan fingerprint density at radius 3 is 2.50 bits per heavy atom. The van der Waals surface area contributed by atoms with E-state index >= 15 is 0 Å². The number of aliphatic hydroxyl groups excluding tert-OH is 1. The van der Waals surface area contributed by atoms with E-state index in [1.165, 1.54) is 0 Å². The van der Waals surface area contributed by atoms with Gasteiger partial charge in [-0.3, -0.25) is 4.79 Å². The van der Waals surface area contributed by atoms with Crippen LogP contribution in [0.3, 0.4) is 0 Å². The van der Waals surface area contributed by atoms with Gasteiger partial charge in [0.25, 0.3) is 0 Å². The van der Waals surface area contributed by atoms with Crippen LogP contribution in [0.15, 0.2) is 0 Å². The minimum absolute atomic E-state index is 0.409. The third-order valence-electron chi connectivity index (χ3n) is 2.93. The maximum absolute atomic E-state index is 12.5. The predicted molar refractivity (Wildman–Crippen MR) is 54.4 cm³/mol. The molecule has 106 valence electrons. The van der Waals surface area contributed by atoms with E-state index in [-0.39, 0.29) is 0 Å². The first-order valence-corrected chi connectivity index (χ1v) is 6.88. The van der Waals surface area contributed by atoms with E-state index in [0.717, 1.165) is 7.11 Å². The molecule has 0 bridgehead atoms. The molecule has 1 aliphatic rings. The third kappa shape index (κ3) is 3.14. The van der Waals surface area contributed by atoms with Gasteiger partial charge in [0.15, 0.2) is 9.84 Å². The maximum atomic E-state index is 12.5. The second-order valence-electron chi connectivity index (χ2n) is 4.34. The van der Waals surface area contributed by atoms with Gasteiger partial charge in [-0.05, 0) is 6.42 Å².